The second-order valence-corrected chi connectivity index (χ2v) is 5.95. The number of thiol groups is 1. The Balaban J connectivity index is 2.39. The van der Waals surface area contributed by atoms with Gasteiger partial charge >= 0.3 is 0 Å². The van der Waals surface area contributed by atoms with Gasteiger partial charge in [-0.25, -0.2) is 0 Å². The highest BCUT2D eigenvalue weighted by atomic mass is 32.2. The molecule has 1 heterocycles. The van der Waals surface area contributed by atoms with E-state index in [9.17, 15) is 0 Å². The maximum absolute atomic E-state index is 4.34. The Hall–Kier alpha value is 0.660. The lowest BCUT2D eigenvalue weighted by Gasteiger charge is -2.38. The summed E-state index contributed by atoms with van der Waals surface area (Å²) >= 11 is 6.44. The quantitative estimate of drug-likeness (QED) is 0.726. The number of hydrogen-bond donors (Lipinski definition) is 1. The summed E-state index contributed by atoms with van der Waals surface area (Å²) in [7, 11) is 0. The second-order valence-electron chi connectivity index (χ2n) is 4.10. The molecule has 0 radical (unpaired) electrons. The third kappa shape index (κ3) is 3.37. The molecule has 0 aromatic heterocycles. The van der Waals surface area contributed by atoms with Gasteiger partial charge in [-0.3, -0.25) is 4.90 Å². The van der Waals surface area contributed by atoms with Gasteiger partial charge in [-0.1, -0.05) is 13.8 Å². The van der Waals surface area contributed by atoms with Crippen LogP contribution in [0.4, 0.5) is 0 Å². The monoisotopic (exact) mass is 219 g/mol. The Morgan fingerprint density at radius 2 is 2.23 bits per heavy atom. The molecule has 0 saturated carbocycles. The molecule has 1 rings (SSSR count). The first kappa shape index (κ1) is 11.7. The van der Waals surface area contributed by atoms with Crippen LogP contribution < -0.4 is 0 Å². The van der Waals surface area contributed by atoms with Crippen molar-refractivity contribution in [2.24, 2.45) is 5.92 Å². The van der Waals surface area contributed by atoms with Crippen molar-refractivity contribution in [2.45, 2.75) is 32.1 Å². The van der Waals surface area contributed by atoms with Crippen molar-refractivity contribution in [3.05, 3.63) is 0 Å². The van der Waals surface area contributed by atoms with Crippen LogP contribution in [-0.2, 0) is 0 Å². The van der Waals surface area contributed by atoms with Crippen molar-refractivity contribution in [3.63, 3.8) is 0 Å². The first-order valence-corrected chi connectivity index (χ1v) is 6.79. The van der Waals surface area contributed by atoms with Gasteiger partial charge in [0.2, 0.25) is 0 Å². The average molecular weight is 219 g/mol. The molecule has 78 valence electrons. The Morgan fingerprint density at radius 3 is 2.85 bits per heavy atom. The second kappa shape index (κ2) is 5.52. The summed E-state index contributed by atoms with van der Waals surface area (Å²) in [4.78, 5) is 2.61. The lowest BCUT2D eigenvalue weighted by Crippen LogP contribution is -2.46. The molecule has 0 N–H and O–H groups in total. The third-order valence-electron chi connectivity index (χ3n) is 2.87. The molecule has 0 aromatic carbocycles. The van der Waals surface area contributed by atoms with Crippen LogP contribution in [0.1, 0.15) is 20.8 Å². The molecule has 3 heteroatoms. The summed E-state index contributed by atoms with van der Waals surface area (Å²) in [6.07, 6.45) is 0. The van der Waals surface area contributed by atoms with Gasteiger partial charge in [-0.05, 0) is 18.6 Å². The summed E-state index contributed by atoms with van der Waals surface area (Å²) < 4.78 is 0. The molecule has 0 aliphatic carbocycles. The predicted molar refractivity (Wildman–Crippen MR) is 66.0 cm³/mol. The maximum atomic E-state index is 4.34. The summed E-state index contributed by atoms with van der Waals surface area (Å²) in [5, 5.41) is 0.792. The van der Waals surface area contributed by atoms with Gasteiger partial charge in [0.05, 0.1) is 0 Å². The summed E-state index contributed by atoms with van der Waals surface area (Å²) in [5.74, 6) is 3.02. The van der Waals surface area contributed by atoms with E-state index in [1.54, 1.807) is 0 Å². The molecule has 1 aliphatic rings. The molecule has 0 bridgehead atoms. The molecule has 3 atom stereocenters. The van der Waals surface area contributed by atoms with E-state index in [0.717, 1.165) is 23.0 Å². The molecule has 1 nitrogen and oxygen atoms in total. The normalized spacial score (nSPS) is 33.2. The molecule has 1 fully saturated rings. The van der Waals surface area contributed by atoms with Crippen molar-refractivity contribution in [1.82, 2.24) is 4.90 Å². The number of hydrogen-bond acceptors (Lipinski definition) is 3. The summed E-state index contributed by atoms with van der Waals surface area (Å²) in [5.41, 5.74) is 0. The van der Waals surface area contributed by atoms with E-state index in [2.05, 4.69) is 50.1 Å². The molecule has 0 spiro atoms. The van der Waals surface area contributed by atoms with E-state index in [1.165, 1.54) is 18.8 Å². The van der Waals surface area contributed by atoms with Gasteiger partial charge in [0.15, 0.2) is 0 Å². The molecule has 3 unspecified atom stereocenters. The first-order valence-electron chi connectivity index (χ1n) is 5.11. The third-order valence-corrected chi connectivity index (χ3v) is 4.83. The zero-order valence-electron chi connectivity index (χ0n) is 8.86. The largest absolute Gasteiger partial charge is 0.298 e. The zero-order valence-corrected chi connectivity index (χ0v) is 10.6. The smallest absolute Gasteiger partial charge is 0.0184 e. The fourth-order valence-corrected chi connectivity index (χ4v) is 2.99. The molecule has 0 amide bonds. The molecular weight excluding hydrogens is 198 g/mol. The van der Waals surface area contributed by atoms with Crippen LogP contribution >= 0.6 is 24.4 Å². The van der Waals surface area contributed by atoms with Crippen molar-refractivity contribution in [1.29, 1.82) is 0 Å². The van der Waals surface area contributed by atoms with Crippen LogP contribution in [0.15, 0.2) is 0 Å². The SMILES string of the molecule is CC(CS)CN1CCSC(C)C1C. The topological polar surface area (TPSA) is 3.24 Å². The number of rotatable bonds is 3. The van der Waals surface area contributed by atoms with Gasteiger partial charge in [0.25, 0.3) is 0 Å². The van der Waals surface area contributed by atoms with Crippen LogP contribution in [0.3, 0.4) is 0 Å². The van der Waals surface area contributed by atoms with E-state index in [1.807, 2.05) is 0 Å². The Morgan fingerprint density at radius 1 is 1.54 bits per heavy atom. The van der Waals surface area contributed by atoms with E-state index in [-0.39, 0.29) is 0 Å². The highest BCUT2D eigenvalue weighted by molar-refractivity contribution is 8.00. The summed E-state index contributed by atoms with van der Waals surface area (Å²) in [6, 6.07) is 0.737. The summed E-state index contributed by atoms with van der Waals surface area (Å²) in [6.45, 7) is 9.45. The first-order chi connectivity index (χ1) is 6.15. The van der Waals surface area contributed by atoms with E-state index >= 15 is 0 Å². The highest BCUT2D eigenvalue weighted by Gasteiger charge is 2.25. The Kier molecular flexibility index (Phi) is 4.98. The van der Waals surface area contributed by atoms with E-state index in [4.69, 9.17) is 0 Å². The lowest BCUT2D eigenvalue weighted by molar-refractivity contribution is 0.192. The minimum atomic E-state index is 0.723. The molecular formula is C10H21NS2. The van der Waals surface area contributed by atoms with Gasteiger partial charge < -0.3 is 0 Å². The van der Waals surface area contributed by atoms with Gasteiger partial charge in [-0.15, -0.1) is 0 Å². The number of nitrogens with zero attached hydrogens (tertiary/aromatic N) is 1. The highest BCUT2D eigenvalue weighted by Crippen LogP contribution is 2.24. The Bertz CT molecular complexity index is 152. The van der Waals surface area contributed by atoms with Crippen molar-refractivity contribution < 1.29 is 0 Å². The van der Waals surface area contributed by atoms with Crippen LogP contribution in [-0.4, -0.2) is 40.8 Å². The van der Waals surface area contributed by atoms with E-state index in [0.29, 0.717) is 0 Å². The van der Waals surface area contributed by atoms with Crippen molar-refractivity contribution in [2.75, 3.05) is 24.6 Å². The average Bonchev–Trinajstić information content (AvgIpc) is 2.13. The van der Waals surface area contributed by atoms with Gasteiger partial charge in [0.1, 0.15) is 0 Å². The Labute approximate surface area is 92.1 Å². The molecule has 1 aliphatic heterocycles. The molecule has 1 saturated heterocycles. The van der Waals surface area contributed by atoms with E-state index < -0.39 is 0 Å². The molecule has 13 heavy (non-hydrogen) atoms. The van der Waals surface area contributed by atoms with Crippen molar-refractivity contribution >= 4 is 24.4 Å². The standard InChI is InChI=1S/C10H21NS2/c1-8(7-12)6-11-4-5-13-10(3)9(11)2/h8-10,12H,4-7H2,1-3H3. The van der Waals surface area contributed by atoms with Crippen molar-refractivity contribution in [3.8, 4) is 0 Å². The minimum Gasteiger partial charge on any atom is -0.298 e. The zero-order chi connectivity index (χ0) is 9.84. The van der Waals surface area contributed by atoms with Crippen LogP contribution in [0, 0.1) is 5.92 Å². The maximum Gasteiger partial charge on any atom is 0.0184 e. The predicted octanol–water partition coefficient (Wildman–Crippen LogP) is 2.38. The van der Waals surface area contributed by atoms with Crippen LogP contribution in [0.2, 0.25) is 0 Å². The lowest BCUT2D eigenvalue weighted by atomic mass is 10.1. The van der Waals surface area contributed by atoms with Gasteiger partial charge in [-0.2, -0.15) is 24.4 Å². The fourth-order valence-electron chi connectivity index (χ4n) is 1.71. The minimum absolute atomic E-state index is 0.723. The number of thioether (sulfide) groups is 1. The van der Waals surface area contributed by atoms with Crippen LogP contribution in [0.25, 0.3) is 0 Å². The van der Waals surface area contributed by atoms with Crippen LogP contribution in [0.5, 0.6) is 0 Å². The fraction of sp³-hybridized carbons (Fsp3) is 1.00. The van der Waals surface area contributed by atoms with Gasteiger partial charge in [0, 0.05) is 30.1 Å². The molecule has 0 aromatic rings.